The van der Waals surface area contributed by atoms with E-state index in [2.05, 4.69) is 0 Å². The monoisotopic (exact) mass is 139 g/mol. The first-order valence-corrected chi connectivity index (χ1v) is 2.82. The highest BCUT2D eigenvalue weighted by Gasteiger charge is 1.96. The van der Waals surface area contributed by atoms with Crippen LogP contribution in [0.2, 0.25) is 0 Å². The third-order valence-electron chi connectivity index (χ3n) is 1.17. The van der Waals surface area contributed by atoms with E-state index < -0.39 is 0 Å². The molecule has 1 aromatic rings. The van der Waals surface area contributed by atoms with Crippen molar-refractivity contribution in [1.29, 1.82) is 0 Å². The fraction of sp³-hybridized carbons (Fsp3) is 0.125. The first-order valence-electron chi connectivity index (χ1n) is 3.53. The second-order valence-electron chi connectivity index (χ2n) is 1.93. The molecule has 0 fully saturated rings. The Morgan fingerprint density at radius 1 is 1.50 bits per heavy atom. The Morgan fingerprint density at radius 3 is 2.60 bits per heavy atom. The lowest BCUT2D eigenvalue weighted by Crippen LogP contribution is -1.90. The highest BCUT2D eigenvalue weighted by molar-refractivity contribution is 5.93. The van der Waals surface area contributed by atoms with Crippen LogP contribution in [0.3, 0.4) is 0 Å². The van der Waals surface area contributed by atoms with E-state index in [1.807, 2.05) is 0 Å². The van der Waals surface area contributed by atoms with E-state index in [1.165, 1.54) is 24.3 Å². The molecule has 10 heavy (non-hydrogen) atoms. The van der Waals surface area contributed by atoms with Crippen molar-refractivity contribution in [2.75, 3.05) is 0 Å². The number of rotatable bonds is 1. The average Bonchev–Trinajstić information content (AvgIpc) is 2.05. The molecule has 0 saturated carbocycles. The van der Waals surface area contributed by atoms with Gasteiger partial charge in [0.15, 0.2) is 5.78 Å². The molecule has 0 amide bonds. The van der Waals surface area contributed by atoms with Crippen molar-refractivity contribution < 1.29 is 10.6 Å². The van der Waals surface area contributed by atoms with Gasteiger partial charge in [-0.1, -0.05) is 0 Å². The van der Waals surface area contributed by atoms with Crippen LogP contribution in [-0.2, 0) is 0 Å². The van der Waals surface area contributed by atoms with Crippen molar-refractivity contribution in [3.63, 3.8) is 0 Å². The molecule has 0 spiro atoms. The quantitative estimate of drug-likeness (QED) is 0.544. The molecule has 0 aromatic heterocycles. The topological polar surface area (TPSA) is 17.1 Å². The van der Waals surface area contributed by atoms with Crippen LogP contribution in [0.5, 0.6) is 0 Å². The SMILES string of the molecule is [2H]CC(=O)c1ccc(F)cc1. The number of hydrogen-bond donors (Lipinski definition) is 0. The Bertz CT molecular complexity index is 255. The summed E-state index contributed by atoms with van der Waals surface area (Å²) in [6.07, 6.45) is 0. The molecule has 0 bridgehead atoms. The van der Waals surface area contributed by atoms with Gasteiger partial charge >= 0.3 is 0 Å². The lowest BCUT2D eigenvalue weighted by molar-refractivity contribution is 0.101. The van der Waals surface area contributed by atoms with Crippen molar-refractivity contribution in [1.82, 2.24) is 0 Å². The third-order valence-corrected chi connectivity index (χ3v) is 1.17. The predicted octanol–water partition coefficient (Wildman–Crippen LogP) is 2.03. The summed E-state index contributed by atoms with van der Waals surface area (Å²) in [4.78, 5) is 10.8. The van der Waals surface area contributed by atoms with Crippen molar-refractivity contribution in [3.8, 4) is 0 Å². The summed E-state index contributed by atoms with van der Waals surface area (Å²) in [6.45, 7) is -0.286. The van der Waals surface area contributed by atoms with Crippen molar-refractivity contribution in [2.45, 2.75) is 6.90 Å². The van der Waals surface area contributed by atoms with Gasteiger partial charge in [-0.25, -0.2) is 4.39 Å². The largest absolute Gasteiger partial charge is 0.295 e. The lowest BCUT2D eigenvalue weighted by atomic mass is 10.1. The van der Waals surface area contributed by atoms with Gasteiger partial charge in [0, 0.05) is 6.93 Å². The van der Waals surface area contributed by atoms with Crippen LogP contribution in [0.4, 0.5) is 4.39 Å². The smallest absolute Gasteiger partial charge is 0.159 e. The standard InChI is InChI=1S/C8H7FO/c1-6(10)7-2-4-8(9)5-3-7/h2-5H,1H3/i1D. The van der Waals surface area contributed by atoms with E-state index in [1.54, 1.807) is 0 Å². The van der Waals surface area contributed by atoms with Crippen LogP contribution >= 0.6 is 0 Å². The second kappa shape index (κ2) is 2.60. The number of halogens is 1. The molecule has 0 saturated heterocycles. The summed E-state index contributed by atoms with van der Waals surface area (Å²) < 4.78 is 19.1. The summed E-state index contributed by atoms with van der Waals surface area (Å²) in [5, 5.41) is 0. The van der Waals surface area contributed by atoms with Gasteiger partial charge in [-0.2, -0.15) is 0 Å². The normalized spacial score (nSPS) is 10.7. The maximum atomic E-state index is 12.3. The predicted molar refractivity (Wildman–Crippen MR) is 36.4 cm³/mol. The maximum absolute atomic E-state index is 12.3. The Labute approximate surface area is 59.9 Å². The first-order chi connectivity index (χ1) is 5.24. The van der Waals surface area contributed by atoms with Gasteiger partial charge in [-0.3, -0.25) is 4.79 Å². The molecule has 0 aliphatic carbocycles. The highest BCUT2D eigenvalue weighted by Crippen LogP contribution is 2.02. The maximum Gasteiger partial charge on any atom is 0.159 e. The van der Waals surface area contributed by atoms with Gasteiger partial charge in [-0.05, 0) is 31.2 Å². The second-order valence-corrected chi connectivity index (χ2v) is 1.93. The molecule has 0 aliphatic heterocycles. The van der Waals surface area contributed by atoms with Gasteiger partial charge in [0.1, 0.15) is 5.82 Å². The van der Waals surface area contributed by atoms with Crippen LogP contribution in [0.1, 0.15) is 18.6 Å². The van der Waals surface area contributed by atoms with Crippen LogP contribution < -0.4 is 0 Å². The van der Waals surface area contributed by atoms with Crippen molar-refractivity contribution >= 4 is 5.78 Å². The lowest BCUT2D eigenvalue weighted by Gasteiger charge is -1.91. The van der Waals surface area contributed by atoms with E-state index in [9.17, 15) is 9.18 Å². The van der Waals surface area contributed by atoms with Crippen molar-refractivity contribution in [2.24, 2.45) is 0 Å². The molecule has 2 heteroatoms. The van der Waals surface area contributed by atoms with E-state index in [4.69, 9.17) is 1.37 Å². The summed E-state index contributed by atoms with van der Waals surface area (Å²) in [6, 6.07) is 5.18. The summed E-state index contributed by atoms with van der Waals surface area (Å²) in [7, 11) is 0. The Morgan fingerprint density at radius 2 is 2.10 bits per heavy atom. The van der Waals surface area contributed by atoms with Gasteiger partial charge < -0.3 is 0 Å². The zero-order valence-corrected chi connectivity index (χ0v) is 5.30. The minimum atomic E-state index is -0.369. The van der Waals surface area contributed by atoms with E-state index in [-0.39, 0.29) is 18.5 Å². The summed E-state index contributed by atoms with van der Waals surface area (Å²) in [5.41, 5.74) is 0.390. The van der Waals surface area contributed by atoms with Gasteiger partial charge in [0.2, 0.25) is 0 Å². The number of hydrogen-bond acceptors (Lipinski definition) is 1. The molecule has 0 unspecified atom stereocenters. The van der Waals surface area contributed by atoms with Gasteiger partial charge in [-0.15, -0.1) is 0 Å². The Kier molecular flexibility index (Phi) is 1.46. The van der Waals surface area contributed by atoms with Crippen LogP contribution in [0.15, 0.2) is 24.3 Å². The summed E-state index contributed by atoms with van der Waals surface area (Å²) in [5.74, 6) is -0.656. The number of ketones is 1. The van der Waals surface area contributed by atoms with Crippen LogP contribution in [0, 0.1) is 5.82 Å². The Hall–Kier alpha value is -1.18. The minimum absolute atomic E-state index is 0.286. The van der Waals surface area contributed by atoms with Crippen LogP contribution in [0.25, 0.3) is 0 Å². The number of benzene rings is 1. The Balaban J connectivity index is 2.90. The third kappa shape index (κ3) is 1.41. The fourth-order valence-corrected chi connectivity index (χ4v) is 0.636. The number of Topliss-reactive ketones (excluding diaryl/α,β-unsaturated/α-hetero) is 1. The van der Waals surface area contributed by atoms with Gasteiger partial charge in [0.25, 0.3) is 0 Å². The average molecular weight is 139 g/mol. The molecular weight excluding hydrogens is 131 g/mol. The highest BCUT2D eigenvalue weighted by atomic mass is 19.1. The van der Waals surface area contributed by atoms with Gasteiger partial charge in [0.05, 0.1) is 0 Å². The molecule has 0 aliphatic rings. The molecule has 0 heterocycles. The molecule has 0 N–H and O–H groups in total. The van der Waals surface area contributed by atoms with Crippen LogP contribution in [-0.4, -0.2) is 5.78 Å². The molecule has 1 nitrogen and oxygen atoms in total. The van der Waals surface area contributed by atoms with Crippen molar-refractivity contribution in [3.05, 3.63) is 35.6 Å². The minimum Gasteiger partial charge on any atom is -0.295 e. The zero-order valence-electron chi connectivity index (χ0n) is 6.30. The molecular formula is C8H7FO. The fourth-order valence-electron chi connectivity index (χ4n) is 0.636. The van der Waals surface area contributed by atoms with E-state index in [0.717, 1.165) is 0 Å². The zero-order chi connectivity index (χ0) is 8.27. The van der Waals surface area contributed by atoms with E-state index in [0.29, 0.717) is 5.56 Å². The summed E-state index contributed by atoms with van der Waals surface area (Å²) >= 11 is 0. The first kappa shape index (κ1) is 5.59. The van der Waals surface area contributed by atoms with E-state index >= 15 is 0 Å². The number of carbonyl (C=O) groups excluding carboxylic acids is 1. The molecule has 0 radical (unpaired) electrons. The number of carbonyl (C=O) groups is 1. The molecule has 52 valence electrons. The molecule has 0 atom stereocenters. The molecule has 1 rings (SSSR count). The molecule has 1 aromatic carbocycles.